The van der Waals surface area contributed by atoms with E-state index in [-0.39, 0.29) is 22.5 Å². The predicted molar refractivity (Wildman–Crippen MR) is 112 cm³/mol. The molecule has 1 fully saturated rings. The Morgan fingerprint density at radius 2 is 2.03 bits per heavy atom. The Bertz CT molecular complexity index is 942. The van der Waals surface area contributed by atoms with Crippen molar-refractivity contribution in [1.82, 2.24) is 9.88 Å². The number of nitrogens with one attached hydrogen (secondary N) is 1. The third kappa shape index (κ3) is 5.91. The standard InChI is InChI=1S/C20H24ClN3O4S/c1-28-17-3-2-4-18(13-17)29(26,27)12-11-24-9-7-15(8-10-24)20(25)23-19-6-5-16(21)14-22-19/h2-6,13-15H,7-12H2,1H3,(H,22,23,25). The fourth-order valence-electron chi connectivity index (χ4n) is 3.26. The van der Waals surface area contributed by atoms with Crippen LogP contribution in [0.2, 0.25) is 5.02 Å². The molecule has 9 heteroatoms. The van der Waals surface area contributed by atoms with E-state index in [1.165, 1.54) is 19.4 Å². The minimum atomic E-state index is -3.39. The molecule has 3 rings (SSSR count). The van der Waals surface area contributed by atoms with Crippen molar-refractivity contribution >= 4 is 33.2 Å². The van der Waals surface area contributed by atoms with Gasteiger partial charge >= 0.3 is 0 Å². The van der Waals surface area contributed by atoms with Crippen LogP contribution in [-0.2, 0) is 14.6 Å². The smallest absolute Gasteiger partial charge is 0.228 e. The number of piperidine rings is 1. The summed E-state index contributed by atoms with van der Waals surface area (Å²) in [7, 11) is -1.88. The van der Waals surface area contributed by atoms with Gasteiger partial charge < -0.3 is 15.0 Å². The number of ether oxygens (including phenoxy) is 1. The summed E-state index contributed by atoms with van der Waals surface area (Å²) in [5, 5.41) is 3.32. The van der Waals surface area contributed by atoms with Crippen LogP contribution in [0.5, 0.6) is 5.75 Å². The number of sulfone groups is 1. The number of benzene rings is 1. The number of methoxy groups -OCH3 is 1. The summed E-state index contributed by atoms with van der Waals surface area (Å²) in [5.74, 6) is 0.854. The number of hydrogen-bond donors (Lipinski definition) is 1. The van der Waals surface area contributed by atoms with Gasteiger partial charge in [0.2, 0.25) is 5.91 Å². The maximum absolute atomic E-state index is 12.6. The molecule has 0 saturated carbocycles. The minimum absolute atomic E-state index is 0.0335. The first kappa shape index (κ1) is 21.5. The normalized spacial score (nSPS) is 15.8. The zero-order valence-electron chi connectivity index (χ0n) is 16.2. The molecule has 0 aliphatic carbocycles. The largest absolute Gasteiger partial charge is 0.497 e. The monoisotopic (exact) mass is 437 g/mol. The second-order valence-electron chi connectivity index (χ2n) is 6.96. The van der Waals surface area contributed by atoms with E-state index >= 15 is 0 Å². The highest BCUT2D eigenvalue weighted by atomic mass is 35.5. The average molecular weight is 438 g/mol. The van der Waals surface area contributed by atoms with Crippen LogP contribution >= 0.6 is 11.6 Å². The molecule has 1 amide bonds. The van der Waals surface area contributed by atoms with Gasteiger partial charge in [0.05, 0.1) is 22.8 Å². The van der Waals surface area contributed by atoms with E-state index in [0.29, 0.717) is 49.1 Å². The van der Waals surface area contributed by atoms with Crippen LogP contribution in [0, 0.1) is 5.92 Å². The highest BCUT2D eigenvalue weighted by molar-refractivity contribution is 7.91. The van der Waals surface area contributed by atoms with E-state index in [0.717, 1.165) is 0 Å². The number of pyridine rings is 1. The molecule has 2 heterocycles. The van der Waals surface area contributed by atoms with Gasteiger partial charge in [-0.05, 0) is 56.3 Å². The summed E-state index contributed by atoms with van der Waals surface area (Å²) in [6.07, 6.45) is 2.85. The Labute approximate surface area is 176 Å². The Hall–Kier alpha value is -2.16. The summed E-state index contributed by atoms with van der Waals surface area (Å²) in [4.78, 5) is 18.8. The zero-order chi connectivity index (χ0) is 20.9. The van der Waals surface area contributed by atoms with Crippen LogP contribution in [0.3, 0.4) is 0 Å². The van der Waals surface area contributed by atoms with E-state index < -0.39 is 9.84 Å². The van der Waals surface area contributed by atoms with Gasteiger partial charge in [0, 0.05) is 18.7 Å². The number of halogens is 1. The third-order valence-electron chi connectivity index (χ3n) is 5.01. The molecule has 1 N–H and O–H groups in total. The molecule has 0 spiro atoms. The van der Waals surface area contributed by atoms with Crippen LogP contribution in [0.1, 0.15) is 12.8 Å². The molecule has 0 radical (unpaired) electrons. The summed E-state index contributed by atoms with van der Waals surface area (Å²) >= 11 is 5.80. The molecule has 7 nitrogen and oxygen atoms in total. The number of hydrogen-bond acceptors (Lipinski definition) is 6. The van der Waals surface area contributed by atoms with Crippen molar-refractivity contribution in [2.75, 3.05) is 37.8 Å². The SMILES string of the molecule is COc1cccc(S(=O)(=O)CCN2CCC(C(=O)Nc3ccc(Cl)cn3)CC2)c1. The summed E-state index contributed by atoms with van der Waals surface area (Å²) in [6, 6.07) is 9.85. The molecule has 1 aliphatic rings. The topological polar surface area (TPSA) is 88.6 Å². The van der Waals surface area contributed by atoms with Gasteiger partial charge in [0.25, 0.3) is 0 Å². The van der Waals surface area contributed by atoms with Crippen molar-refractivity contribution in [1.29, 1.82) is 0 Å². The lowest BCUT2D eigenvalue weighted by molar-refractivity contribution is -0.121. The Morgan fingerprint density at radius 1 is 1.28 bits per heavy atom. The van der Waals surface area contributed by atoms with Crippen LogP contribution in [-0.4, -0.2) is 56.7 Å². The maximum Gasteiger partial charge on any atom is 0.228 e. The quantitative estimate of drug-likeness (QED) is 0.716. The second kappa shape index (κ2) is 9.56. The van der Waals surface area contributed by atoms with Gasteiger partial charge in [-0.1, -0.05) is 17.7 Å². The Morgan fingerprint density at radius 3 is 2.69 bits per heavy atom. The first-order chi connectivity index (χ1) is 13.9. The van der Waals surface area contributed by atoms with Gasteiger partial charge in [-0.25, -0.2) is 13.4 Å². The number of amides is 1. The van der Waals surface area contributed by atoms with E-state index in [1.807, 2.05) is 0 Å². The lowest BCUT2D eigenvalue weighted by Crippen LogP contribution is -2.40. The molecule has 1 aliphatic heterocycles. The molecule has 0 bridgehead atoms. The van der Waals surface area contributed by atoms with E-state index in [9.17, 15) is 13.2 Å². The van der Waals surface area contributed by atoms with Crippen molar-refractivity contribution in [3.8, 4) is 5.75 Å². The van der Waals surface area contributed by atoms with Gasteiger partial charge in [-0.3, -0.25) is 4.79 Å². The van der Waals surface area contributed by atoms with Crippen molar-refractivity contribution in [3.05, 3.63) is 47.6 Å². The lowest BCUT2D eigenvalue weighted by atomic mass is 9.96. The zero-order valence-corrected chi connectivity index (χ0v) is 17.7. The number of rotatable bonds is 7. The van der Waals surface area contributed by atoms with E-state index in [4.69, 9.17) is 16.3 Å². The number of likely N-dealkylation sites (tertiary alicyclic amines) is 1. The fourth-order valence-corrected chi connectivity index (χ4v) is 4.69. The molecule has 156 valence electrons. The van der Waals surface area contributed by atoms with Gasteiger partial charge in [0.1, 0.15) is 11.6 Å². The molecular weight excluding hydrogens is 414 g/mol. The first-order valence-corrected chi connectivity index (χ1v) is 11.4. The summed E-state index contributed by atoms with van der Waals surface area (Å²) in [6.45, 7) is 1.80. The number of aromatic nitrogens is 1. The molecular formula is C20H24ClN3O4S. The lowest BCUT2D eigenvalue weighted by Gasteiger charge is -2.31. The van der Waals surface area contributed by atoms with Gasteiger partial charge in [-0.2, -0.15) is 0 Å². The third-order valence-corrected chi connectivity index (χ3v) is 6.93. The summed E-state index contributed by atoms with van der Waals surface area (Å²) < 4.78 is 30.3. The molecule has 2 aromatic rings. The summed E-state index contributed by atoms with van der Waals surface area (Å²) in [5.41, 5.74) is 0. The van der Waals surface area contributed by atoms with Crippen molar-refractivity contribution in [2.45, 2.75) is 17.7 Å². The highest BCUT2D eigenvalue weighted by Crippen LogP contribution is 2.21. The number of anilines is 1. The fraction of sp³-hybridized carbons (Fsp3) is 0.400. The molecule has 29 heavy (non-hydrogen) atoms. The molecule has 0 unspecified atom stereocenters. The Balaban J connectivity index is 1.48. The van der Waals surface area contributed by atoms with Crippen molar-refractivity contribution < 1.29 is 17.9 Å². The van der Waals surface area contributed by atoms with Crippen LogP contribution in [0.15, 0.2) is 47.5 Å². The predicted octanol–water partition coefficient (Wildman–Crippen LogP) is 2.87. The molecule has 1 aromatic heterocycles. The average Bonchev–Trinajstić information content (AvgIpc) is 2.74. The molecule has 1 saturated heterocycles. The van der Waals surface area contributed by atoms with Crippen molar-refractivity contribution in [2.24, 2.45) is 5.92 Å². The minimum Gasteiger partial charge on any atom is -0.497 e. The molecule has 1 aromatic carbocycles. The van der Waals surface area contributed by atoms with Crippen LogP contribution in [0.4, 0.5) is 5.82 Å². The van der Waals surface area contributed by atoms with Gasteiger partial charge in [-0.15, -0.1) is 0 Å². The number of carbonyl (C=O) groups is 1. The highest BCUT2D eigenvalue weighted by Gasteiger charge is 2.26. The number of nitrogens with zero attached hydrogens (tertiary/aromatic N) is 2. The number of carbonyl (C=O) groups excluding carboxylic acids is 1. The van der Waals surface area contributed by atoms with E-state index in [1.54, 1.807) is 30.3 Å². The maximum atomic E-state index is 12.6. The van der Waals surface area contributed by atoms with Crippen LogP contribution in [0.25, 0.3) is 0 Å². The van der Waals surface area contributed by atoms with Crippen LogP contribution < -0.4 is 10.1 Å². The first-order valence-electron chi connectivity index (χ1n) is 9.39. The van der Waals surface area contributed by atoms with Crippen molar-refractivity contribution in [3.63, 3.8) is 0 Å². The van der Waals surface area contributed by atoms with E-state index in [2.05, 4.69) is 15.2 Å². The van der Waals surface area contributed by atoms with Gasteiger partial charge in [0.15, 0.2) is 9.84 Å². The second-order valence-corrected chi connectivity index (χ2v) is 9.51. The molecule has 0 atom stereocenters. The Kier molecular flexibility index (Phi) is 7.10.